The van der Waals surface area contributed by atoms with Gasteiger partial charge in [-0.25, -0.2) is 4.79 Å². The lowest BCUT2D eigenvalue weighted by Crippen LogP contribution is -2.37. The largest absolute Gasteiger partial charge is 0.493 e. The van der Waals surface area contributed by atoms with Crippen molar-refractivity contribution in [3.8, 4) is 16.9 Å². The van der Waals surface area contributed by atoms with Crippen molar-refractivity contribution in [2.75, 3.05) is 20.2 Å². The smallest absolute Gasteiger partial charge is 0.410 e. The summed E-state index contributed by atoms with van der Waals surface area (Å²) in [6, 6.07) is 8.26. The molecule has 0 fully saturated rings. The molecule has 1 atom stereocenters. The molecule has 1 aliphatic heterocycles. The van der Waals surface area contributed by atoms with E-state index in [4.69, 9.17) is 9.47 Å². The average Bonchev–Trinajstić information content (AvgIpc) is 2.60. The standard InChI is InChI=1S/C22H28N2O3/c1-15-13-23-11-9-17(15)19-8-6-7-18-16(10-12-26-20(18)19)14-24(5)21(25)27-22(2,3)4/h6-9,11,13,16H,10,12,14H2,1-5H3/t16-/m0/s1. The van der Waals surface area contributed by atoms with Gasteiger partial charge in [0, 0.05) is 37.5 Å². The average molecular weight is 368 g/mol. The van der Waals surface area contributed by atoms with E-state index in [9.17, 15) is 4.79 Å². The van der Waals surface area contributed by atoms with Crippen LogP contribution < -0.4 is 4.74 Å². The Bertz CT molecular complexity index is 827. The Hall–Kier alpha value is -2.56. The Morgan fingerprint density at radius 3 is 2.78 bits per heavy atom. The van der Waals surface area contributed by atoms with Gasteiger partial charge in [0.2, 0.25) is 0 Å². The van der Waals surface area contributed by atoms with Gasteiger partial charge >= 0.3 is 6.09 Å². The fraction of sp³-hybridized carbons (Fsp3) is 0.455. The molecule has 0 saturated carbocycles. The van der Waals surface area contributed by atoms with Crippen molar-refractivity contribution in [2.24, 2.45) is 0 Å². The third-order valence-corrected chi connectivity index (χ3v) is 4.71. The second kappa shape index (κ2) is 7.59. The Labute approximate surface area is 161 Å². The lowest BCUT2D eigenvalue weighted by molar-refractivity contribution is 0.0281. The first-order valence-electron chi connectivity index (χ1n) is 9.37. The molecular formula is C22H28N2O3. The van der Waals surface area contributed by atoms with Crippen molar-refractivity contribution in [3.63, 3.8) is 0 Å². The van der Waals surface area contributed by atoms with Gasteiger partial charge in [-0.3, -0.25) is 4.98 Å². The Kier molecular flexibility index (Phi) is 5.40. The number of carbonyl (C=O) groups excluding carboxylic acids is 1. The molecule has 5 heteroatoms. The zero-order valence-electron chi connectivity index (χ0n) is 16.8. The van der Waals surface area contributed by atoms with Gasteiger partial charge in [-0.15, -0.1) is 0 Å². The number of aryl methyl sites for hydroxylation is 1. The van der Waals surface area contributed by atoms with Crippen LogP contribution in [0.4, 0.5) is 4.79 Å². The maximum atomic E-state index is 12.3. The Morgan fingerprint density at radius 1 is 1.30 bits per heavy atom. The number of ether oxygens (including phenoxy) is 2. The predicted octanol–water partition coefficient (Wildman–Crippen LogP) is 4.79. The number of likely N-dealkylation sites (N-methyl/N-ethyl adjacent to an activating group) is 1. The summed E-state index contributed by atoms with van der Waals surface area (Å²) < 4.78 is 11.5. The summed E-state index contributed by atoms with van der Waals surface area (Å²) >= 11 is 0. The van der Waals surface area contributed by atoms with Gasteiger partial charge in [0.15, 0.2) is 0 Å². The van der Waals surface area contributed by atoms with Crippen molar-refractivity contribution in [3.05, 3.63) is 47.8 Å². The topological polar surface area (TPSA) is 51.7 Å². The number of fused-ring (bicyclic) bond motifs is 1. The summed E-state index contributed by atoms with van der Waals surface area (Å²) in [5.74, 6) is 1.13. The maximum absolute atomic E-state index is 12.3. The van der Waals surface area contributed by atoms with Gasteiger partial charge in [-0.2, -0.15) is 0 Å². The van der Waals surface area contributed by atoms with Gasteiger partial charge in [0.1, 0.15) is 11.4 Å². The van der Waals surface area contributed by atoms with Crippen LogP contribution in [0.15, 0.2) is 36.7 Å². The highest BCUT2D eigenvalue weighted by Gasteiger charge is 2.28. The molecule has 1 aromatic carbocycles. The molecule has 27 heavy (non-hydrogen) atoms. The van der Waals surface area contributed by atoms with Crippen LogP contribution >= 0.6 is 0 Å². The number of benzene rings is 1. The third kappa shape index (κ3) is 4.41. The number of rotatable bonds is 3. The van der Waals surface area contributed by atoms with Crippen LogP contribution in [0.2, 0.25) is 0 Å². The second-order valence-corrected chi connectivity index (χ2v) is 8.11. The normalized spacial score (nSPS) is 16.3. The summed E-state index contributed by atoms with van der Waals surface area (Å²) in [4.78, 5) is 18.2. The minimum Gasteiger partial charge on any atom is -0.493 e. The molecule has 0 unspecified atom stereocenters. The molecule has 0 bridgehead atoms. The fourth-order valence-electron chi connectivity index (χ4n) is 3.42. The lowest BCUT2D eigenvalue weighted by Gasteiger charge is -2.32. The minimum absolute atomic E-state index is 0.216. The molecule has 0 saturated heterocycles. The molecule has 5 nitrogen and oxygen atoms in total. The van der Waals surface area contributed by atoms with E-state index in [2.05, 4.69) is 30.1 Å². The van der Waals surface area contributed by atoms with E-state index in [1.54, 1.807) is 18.1 Å². The molecule has 2 heterocycles. The van der Waals surface area contributed by atoms with Gasteiger partial charge in [0.25, 0.3) is 0 Å². The molecule has 1 amide bonds. The summed E-state index contributed by atoms with van der Waals surface area (Å²) in [7, 11) is 1.79. The number of carbonyl (C=O) groups is 1. The third-order valence-electron chi connectivity index (χ3n) is 4.71. The number of hydrogen-bond acceptors (Lipinski definition) is 4. The van der Waals surface area contributed by atoms with E-state index in [0.29, 0.717) is 13.2 Å². The highest BCUT2D eigenvalue weighted by molar-refractivity contribution is 5.75. The fourth-order valence-corrected chi connectivity index (χ4v) is 3.42. The van der Waals surface area contributed by atoms with Gasteiger partial charge < -0.3 is 14.4 Å². The molecule has 0 radical (unpaired) electrons. The summed E-state index contributed by atoms with van der Waals surface area (Å²) in [6.07, 6.45) is 4.25. The number of aromatic nitrogens is 1. The van der Waals surface area contributed by atoms with Crippen LogP contribution in [0.1, 0.15) is 44.2 Å². The van der Waals surface area contributed by atoms with E-state index in [1.807, 2.05) is 33.0 Å². The summed E-state index contributed by atoms with van der Waals surface area (Å²) in [6.45, 7) is 8.94. The quantitative estimate of drug-likeness (QED) is 0.782. The summed E-state index contributed by atoms with van der Waals surface area (Å²) in [5.41, 5.74) is 3.97. The highest BCUT2D eigenvalue weighted by atomic mass is 16.6. The minimum atomic E-state index is -0.495. The van der Waals surface area contributed by atoms with Crippen LogP contribution in [0.3, 0.4) is 0 Å². The van der Waals surface area contributed by atoms with Crippen LogP contribution in [0.5, 0.6) is 5.75 Å². The molecule has 1 aromatic heterocycles. The van der Waals surface area contributed by atoms with Crippen molar-refractivity contribution in [2.45, 2.75) is 45.6 Å². The molecular weight excluding hydrogens is 340 g/mol. The monoisotopic (exact) mass is 368 g/mol. The molecule has 2 aromatic rings. The van der Waals surface area contributed by atoms with E-state index < -0.39 is 5.60 Å². The van der Waals surface area contributed by atoms with E-state index in [-0.39, 0.29) is 12.0 Å². The molecule has 144 valence electrons. The van der Waals surface area contributed by atoms with Crippen LogP contribution in [0, 0.1) is 6.92 Å². The zero-order chi connectivity index (χ0) is 19.6. The van der Waals surface area contributed by atoms with Crippen molar-refractivity contribution in [1.29, 1.82) is 0 Å². The highest BCUT2D eigenvalue weighted by Crippen LogP contribution is 2.42. The van der Waals surface area contributed by atoms with Crippen LogP contribution in [0.25, 0.3) is 11.1 Å². The van der Waals surface area contributed by atoms with Gasteiger partial charge in [-0.1, -0.05) is 18.2 Å². The number of hydrogen-bond donors (Lipinski definition) is 0. The number of amides is 1. The first kappa shape index (κ1) is 19.2. The van der Waals surface area contributed by atoms with E-state index in [1.165, 1.54) is 0 Å². The second-order valence-electron chi connectivity index (χ2n) is 8.11. The van der Waals surface area contributed by atoms with Gasteiger partial charge in [-0.05, 0) is 56.9 Å². The van der Waals surface area contributed by atoms with Gasteiger partial charge in [0.05, 0.1) is 6.61 Å². The molecule has 0 aliphatic carbocycles. The number of nitrogens with zero attached hydrogens (tertiary/aromatic N) is 2. The van der Waals surface area contributed by atoms with Crippen LogP contribution in [-0.4, -0.2) is 41.8 Å². The predicted molar refractivity (Wildman–Crippen MR) is 106 cm³/mol. The van der Waals surface area contributed by atoms with Crippen LogP contribution in [-0.2, 0) is 4.74 Å². The lowest BCUT2D eigenvalue weighted by atomic mass is 9.88. The maximum Gasteiger partial charge on any atom is 0.410 e. The molecule has 3 rings (SSSR count). The number of pyridine rings is 1. The molecule has 1 aliphatic rings. The zero-order valence-corrected chi connectivity index (χ0v) is 16.8. The SMILES string of the molecule is Cc1cnccc1-c1cccc2c1OCC[C@H]2CN(C)C(=O)OC(C)(C)C. The number of para-hydroxylation sites is 1. The van der Waals surface area contributed by atoms with E-state index >= 15 is 0 Å². The summed E-state index contributed by atoms with van der Waals surface area (Å²) in [5, 5.41) is 0. The van der Waals surface area contributed by atoms with Crippen molar-refractivity contribution in [1.82, 2.24) is 9.88 Å². The van der Waals surface area contributed by atoms with Crippen molar-refractivity contribution < 1.29 is 14.3 Å². The Morgan fingerprint density at radius 2 is 2.07 bits per heavy atom. The first-order valence-corrected chi connectivity index (χ1v) is 9.37. The van der Waals surface area contributed by atoms with Crippen molar-refractivity contribution >= 4 is 6.09 Å². The molecule has 0 N–H and O–H groups in total. The molecule has 0 spiro atoms. The Balaban J connectivity index is 1.86. The van der Waals surface area contributed by atoms with E-state index in [0.717, 1.165) is 34.4 Å². The first-order chi connectivity index (χ1) is 12.8.